The van der Waals surface area contributed by atoms with Crippen LogP contribution in [0.4, 0.5) is 18.9 Å². The number of anilines is 1. The van der Waals surface area contributed by atoms with Gasteiger partial charge in [-0.25, -0.2) is 4.98 Å². The molecule has 1 N–H and O–H groups in total. The van der Waals surface area contributed by atoms with Gasteiger partial charge in [-0.15, -0.1) is 0 Å². The Morgan fingerprint density at radius 1 is 1.14 bits per heavy atom. The Kier molecular flexibility index (Phi) is 7.52. The number of ether oxygens (including phenoxy) is 1. The minimum Gasteiger partial charge on any atom is -0.465 e. The van der Waals surface area contributed by atoms with E-state index in [0.29, 0.717) is 66.7 Å². The van der Waals surface area contributed by atoms with Crippen molar-refractivity contribution in [2.45, 2.75) is 44.6 Å². The normalized spacial score (nSPS) is 20.3. The number of halogens is 5. The number of hydrogen-bond acceptors (Lipinski definition) is 5. The van der Waals surface area contributed by atoms with Gasteiger partial charge in [-0.05, 0) is 57.5 Å². The molecule has 0 saturated carbocycles. The maximum atomic E-state index is 13.3. The summed E-state index contributed by atoms with van der Waals surface area (Å²) >= 11 is 12.1. The quantitative estimate of drug-likeness (QED) is 0.549. The molecule has 1 aromatic heterocycles. The number of hydrogen-bond donors (Lipinski definition) is 1. The summed E-state index contributed by atoms with van der Waals surface area (Å²) in [4.78, 5) is 21.0. The lowest BCUT2D eigenvalue weighted by Gasteiger charge is -2.38. The molecule has 1 spiro atoms. The van der Waals surface area contributed by atoms with Crippen molar-refractivity contribution < 1.29 is 27.8 Å². The number of carbonyl (C=O) groups is 1. The second-order valence-corrected chi connectivity index (χ2v) is 9.97. The minimum absolute atomic E-state index is 0.00225. The van der Waals surface area contributed by atoms with Crippen molar-refractivity contribution in [3.63, 3.8) is 0 Å². The highest BCUT2D eigenvalue weighted by Crippen LogP contribution is 2.43. The Bertz CT molecular complexity index is 1060. The van der Waals surface area contributed by atoms with E-state index >= 15 is 0 Å². The molecule has 2 aliphatic rings. The third kappa shape index (κ3) is 5.69. The average molecular weight is 532 g/mol. The summed E-state index contributed by atoms with van der Waals surface area (Å²) in [6, 6.07) is 7.91. The summed E-state index contributed by atoms with van der Waals surface area (Å²) in [5.41, 5.74) is 0.664. The highest BCUT2D eigenvalue weighted by molar-refractivity contribution is 6.35. The van der Waals surface area contributed by atoms with E-state index < -0.39 is 23.8 Å². The molecule has 2 aliphatic heterocycles. The predicted molar refractivity (Wildman–Crippen MR) is 127 cm³/mol. The lowest BCUT2D eigenvalue weighted by molar-refractivity contribution is -0.189. The number of aliphatic hydroxyl groups excluding tert-OH is 1. The van der Waals surface area contributed by atoms with E-state index in [-0.39, 0.29) is 11.8 Å². The number of benzene rings is 1. The van der Waals surface area contributed by atoms with Gasteiger partial charge in [-0.3, -0.25) is 4.79 Å². The molecule has 190 valence electrons. The van der Waals surface area contributed by atoms with Gasteiger partial charge in [-0.1, -0.05) is 29.3 Å². The van der Waals surface area contributed by atoms with Gasteiger partial charge in [-0.2, -0.15) is 13.2 Å². The average Bonchev–Trinajstić information content (AvgIpc) is 3.11. The van der Waals surface area contributed by atoms with Gasteiger partial charge < -0.3 is 19.6 Å². The van der Waals surface area contributed by atoms with Crippen molar-refractivity contribution in [3.8, 4) is 5.88 Å². The number of nitrogens with zero attached hydrogens (tertiary/aromatic N) is 3. The monoisotopic (exact) mass is 531 g/mol. The van der Waals surface area contributed by atoms with E-state index in [9.17, 15) is 23.1 Å². The molecule has 0 aliphatic carbocycles. The fourth-order valence-electron chi connectivity index (χ4n) is 4.66. The fourth-order valence-corrected chi connectivity index (χ4v) is 5.19. The number of amides is 1. The Morgan fingerprint density at radius 2 is 1.83 bits per heavy atom. The number of likely N-dealkylation sites (tertiary alicyclic amines) is 1. The van der Waals surface area contributed by atoms with E-state index in [1.54, 1.807) is 29.2 Å². The first-order chi connectivity index (χ1) is 16.5. The van der Waals surface area contributed by atoms with Crippen LogP contribution in [0.3, 0.4) is 0 Å². The second-order valence-electron chi connectivity index (χ2n) is 9.13. The van der Waals surface area contributed by atoms with Gasteiger partial charge >= 0.3 is 6.18 Å². The summed E-state index contributed by atoms with van der Waals surface area (Å²) in [5, 5.41) is 11.6. The molecular weight excluding hydrogens is 506 g/mol. The molecule has 1 amide bonds. The molecule has 6 nitrogen and oxygen atoms in total. The van der Waals surface area contributed by atoms with Gasteiger partial charge in [0.25, 0.3) is 0 Å². The maximum Gasteiger partial charge on any atom is 0.425 e. The molecule has 35 heavy (non-hydrogen) atoms. The number of alkyl halides is 3. The third-order valence-corrected chi connectivity index (χ3v) is 7.43. The first kappa shape index (κ1) is 26.0. The van der Waals surface area contributed by atoms with Crippen LogP contribution in [0.1, 0.15) is 37.9 Å². The molecule has 2 saturated heterocycles. The van der Waals surface area contributed by atoms with Crippen LogP contribution in [0.2, 0.25) is 10.0 Å². The third-order valence-electron chi connectivity index (χ3n) is 6.87. The number of aliphatic hydroxyl groups is 1. The molecular formula is C24H26Cl2F3N3O3. The van der Waals surface area contributed by atoms with Crippen LogP contribution in [0.25, 0.3) is 0 Å². The largest absolute Gasteiger partial charge is 0.465 e. The fraction of sp³-hybridized carbons (Fsp3) is 0.500. The Balaban J connectivity index is 1.34. The van der Waals surface area contributed by atoms with Crippen molar-refractivity contribution in [1.82, 2.24) is 9.88 Å². The van der Waals surface area contributed by atoms with Crippen LogP contribution in [0.5, 0.6) is 5.88 Å². The van der Waals surface area contributed by atoms with Crippen LogP contribution in [-0.4, -0.2) is 59.4 Å². The van der Waals surface area contributed by atoms with E-state index in [1.165, 1.54) is 12.3 Å². The first-order valence-corrected chi connectivity index (χ1v) is 12.1. The van der Waals surface area contributed by atoms with Gasteiger partial charge in [0.15, 0.2) is 6.10 Å². The summed E-state index contributed by atoms with van der Waals surface area (Å²) in [7, 11) is 0. The van der Waals surface area contributed by atoms with Crippen LogP contribution >= 0.6 is 23.2 Å². The van der Waals surface area contributed by atoms with Crippen LogP contribution in [0.15, 0.2) is 36.5 Å². The minimum atomic E-state index is -4.48. The zero-order valence-corrected chi connectivity index (χ0v) is 20.6. The number of pyridine rings is 1. The lowest BCUT2D eigenvalue weighted by atomic mass is 9.77. The van der Waals surface area contributed by atoms with Crippen LogP contribution in [-0.2, 0) is 4.79 Å². The number of piperidine rings is 1. The second kappa shape index (κ2) is 10.1. The summed E-state index contributed by atoms with van der Waals surface area (Å²) < 4.78 is 42.9. The smallest absolute Gasteiger partial charge is 0.425 e. The highest BCUT2D eigenvalue weighted by atomic mass is 35.5. The molecule has 1 unspecified atom stereocenters. The van der Waals surface area contributed by atoms with E-state index in [4.69, 9.17) is 27.9 Å². The predicted octanol–water partition coefficient (Wildman–Crippen LogP) is 5.27. The van der Waals surface area contributed by atoms with E-state index in [0.717, 1.165) is 6.92 Å². The molecule has 0 radical (unpaired) electrons. The van der Waals surface area contributed by atoms with Crippen molar-refractivity contribution >= 4 is 34.8 Å². The van der Waals surface area contributed by atoms with E-state index in [2.05, 4.69) is 9.88 Å². The zero-order valence-electron chi connectivity index (χ0n) is 19.1. The number of aromatic nitrogens is 1. The van der Waals surface area contributed by atoms with Crippen molar-refractivity contribution in [3.05, 3.63) is 52.1 Å². The Morgan fingerprint density at radius 3 is 2.43 bits per heavy atom. The standard InChI is InChI=1S/C24H26Cl2F3N3O3/c1-15(24(27,28)29)35-21-5-3-17(13-30-21)32-11-8-23(22(32)34)6-9-31(10-7-23)14-20(33)18-4-2-16(25)12-19(18)26/h2-5,12-13,15,20,33H,6-11,14H2,1H3/t15-,20?/m1/s1. The lowest BCUT2D eigenvalue weighted by Crippen LogP contribution is -2.45. The van der Waals surface area contributed by atoms with Crippen molar-refractivity contribution in [2.24, 2.45) is 5.41 Å². The van der Waals surface area contributed by atoms with Gasteiger partial charge in [0.2, 0.25) is 11.8 Å². The first-order valence-electron chi connectivity index (χ1n) is 11.4. The molecule has 3 heterocycles. The number of rotatable bonds is 6. The molecule has 2 atom stereocenters. The molecule has 1 aromatic carbocycles. The number of carbonyl (C=O) groups excluding carboxylic acids is 1. The van der Waals surface area contributed by atoms with E-state index in [1.807, 2.05) is 0 Å². The maximum absolute atomic E-state index is 13.3. The Hall–Kier alpha value is -2.07. The highest BCUT2D eigenvalue weighted by Gasteiger charge is 2.48. The van der Waals surface area contributed by atoms with Gasteiger partial charge in [0.1, 0.15) is 0 Å². The van der Waals surface area contributed by atoms with Crippen molar-refractivity contribution in [2.75, 3.05) is 31.1 Å². The molecule has 11 heteroatoms. The molecule has 2 fully saturated rings. The van der Waals surface area contributed by atoms with Gasteiger partial charge in [0, 0.05) is 34.8 Å². The summed E-state index contributed by atoms with van der Waals surface area (Å²) in [6.45, 7) is 3.14. The van der Waals surface area contributed by atoms with Crippen molar-refractivity contribution in [1.29, 1.82) is 0 Å². The molecule has 0 bridgehead atoms. The SMILES string of the molecule is C[C@@H](Oc1ccc(N2CCC3(CCN(CC(O)c4ccc(Cl)cc4Cl)CC3)C2=O)cn1)C(F)(F)F. The van der Waals surface area contributed by atoms with Crippen LogP contribution in [0, 0.1) is 5.41 Å². The zero-order chi connectivity index (χ0) is 25.4. The summed E-state index contributed by atoms with van der Waals surface area (Å²) in [5.74, 6) is -0.148. The topological polar surface area (TPSA) is 65.9 Å². The van der Waals surface area contributed by atoms with Gasteiger partial charge in [0.05, 0.1) is 23.4 Å². The molecule has 4 rings (SSSR count). The molecule has 2 aromatic rings. The Labute approximate surface area is 211 Å². The van der Waals surface area contributed by atoms with Crippen LogP contribution < -0.4 is 9.64 Å². The number of β-amino-alcohol motifs (C(OH)–C–C–N with tert-alkyl or cyclic N) is 1. The summed E-state index contributed by atoms with van der Waals surface area (Å²) in [6.07, 6.45) is -3.86.